The maximum Gasteiger partial charge on any atom is 0.231 e. The molecule has 1 saturated heterocycles. The second-order valence-electron chi connectivity index (χ2n) is 6.65. The SMILES string of the molecule is C[C@@H](c1ccccc1)N1C[C@@H](C(=O)Nc2nc3ccc(Cl)cc3s2)CC1=O. The number of nitrogens with one attached hydrogen (secondary N) is 1. The number of hydrogen-bond acceptors (Lipinski definition) is 4. The Morgan fingerprint density at radius 1 is 1.30 bits per heavy atom. The molecule has 2 aromatic carbocycles. The topological polar surface area (TPSA) is 62.3 Å². The van der Waals surface area contributed by atoms with Gasteiger partial charge >= 0.3 is 0 Å². The summed E-state index contributed by atoms with van der Waals surface area (Å²) in [5, 5.41) is 4.02. The van der Waals surface area contributed by atoms with Gasteiger partial charge in [-0.1, -0.05) is 53.3 Å². The van der Waals surface area contributed by atoms with Gasteiger partial charge in [-0.3, -0.25) is 9.59 Å². The van der Waals surface area contributed by atoms with Crippen LogP contribution in [0.4, 0.5) is 5.13 Å². The van der Waals surface area contributed by atoms with Crippen molar-refractivity contribution in [1.82, 2.24) is 9.88 Å². The highest BCUT2D eigenvalue weighted by molar-refractivity contribution is 7.22. The summed E-state index contributed by atoms with van der Waals surface area (Å²) in [7, 11) is 0. The summed E-state index contributed by atoms with van der Waals surface area (Å²) in [4.78, 5) is 31.3. The van der Waals surface area contributed by atoms with Crippen molar-refractivity contribution in [1.29, 1.82) is 0 Å². The molecule has 1 aliphatic rings. The van der Waals surface area contributed by atoms with Gasteiger partial charge in [0.25, 0.3) is 0 Å². The van der Waals surface area contributed by atoms with Crippen molar-refractivity contribution in [3.05, 3.63) is 59.1 Å². The van der Waals surface area contributed by atoms with Gasteiger partial charge in [0, 0.05) is 18.0 Å². The Hall–Kier alpha value is -2.44. The van der Waals surface area contributed by atoms with E-state index in [1.807, 2.05) is 49.4 Å². The van der Waals surface area contributed by atoms with E-state index in [1.165, 1.54) is 11.3 Å². The molecule has 138 valence electrons. The Balaban J connectivity index is 1.45. The standard InChI is InChI=1S/C20H18ClN3O2S/c1-12(13-5-3-2-4-6-13)24-11-14(9-18(24)25)19(26)23-20-22-16-8-7-15(21)10-17(16)27-20/h2-8,10,12,14H,9,11H2,1H3,(H,22,23,26)/t12-,14-/m0/s1. The molecule has 7 heteroatoms. The lowest BCUT2D eigenvalue weighted by Gasteiger charge is -2.25. The fourth-order valence-electron chi connectivity index (χ4n) is 3.35. The zero-order valence-electron chi connectivity index (χ0n) is 14.7. The number of hydrogen-bond donors (Lipinski definition) is 1. The number of amides is 2. The number of thiazole rings is 1. The van der Waals surface area contributed by atoms with Crippen molar-refractivity contribution in [2.45, 2.75) is 19.4 Å². The van der Waals surface area contributed by atoms with Gasteiger partial charge < -0.3 is 10.2 Å². The third-order valence-electron chi connectivity index (χ3n) is 4.86. The number of fused-ring (bicyclic) bond motifs is 1. The summed E-state index contributed by atoms with van der Waals surface area (Å²) in [5.41, 5.74) is 1.86. The summed E-state index contributed by atoms with van der Waals surface area (Å²) >= 11 is 7.38. The lowest BCUT2D eigenvalue weighted by molar-refractivity contribution is -0.129. The van der Waals surface area contributed by atoms with E-state index in [0.717, 1.165) is 15.8 Å². The quantitative estimate of drug-likeness (QED) is 0.702. The van der Waals surface area contributed by atoms with Crippen molar-refractivity contribution in [2.75, 3.05) is 11.9 Å². The zero-order valence-corrected chi connectivity index (χ0v) is 16.3. The highest BCUT2D eigenvalue weighted by atomic mass is 35.5. The number of benzene rings is 2. The predicted molar refractivity (Wildman–Crippen MR) is 108 cm³/mol. The van der Waals surface area contributed by atoms with E-state index in [2.05, 4.69) is 10.3 Å². The van der Waals surface area contributed by atoms with E-state index in [-0.39, 0.29) is 30.2 Å². The van der Waals surface area contributed by atoms with Crippen molar-refractivity contribution >= 4 is 50.1 Å². The van der Waals surface area contributed by atoms with Crippen LogP contribution in [0, 0.1) is 5.92 Å². The Bertz CT molecular complexity index is 1000. The normalized spacial score (nSPS) is 18.1. The summed E-state index contributed by atoms with van der Waals surface area (Å²) in [6.07, 6.45) is 0.222. The molecule has 5 nitrogen and oxygen atoms in total. The van der Waals surface area contributed by atoms with E-state index in [4.69, 9.17) is 11.6 Å². The zero-order chi connectivity index (χ0) is 19.0. The average molecular weight is 400 g/mol. The largest absolute Gasteiger partial charge is 0.335 e. The van der Waals surface area contributed by atoms with Crippen LogP contribution in [0.5, 0.6) is 0 Å². The fraction of sp³-hybridized carbons (Fsp3) is 0.250. The first-order chi connectivity index (χ1) is 13.0. The smallest absolute Gasteiger partial charge is 0.231 e. The third kappa shape index (κ3) is 3.68. The van der Waals surface area contributed by atoms with Crippen LogP contribution < -0.4 is 5.32 Å². The van der Waals surface area contributed by atoms with Crippen molar-refractivity contribution < 1.29 is 9.59 Å². The molecular formula is C20H18ClN3O2S. The molecule has 0 aliphatic carbocycles. The Kier molecular flexibility index (Phi) is 4.85. The second kappa shape index (κ2) is 7.29. The first kappa shape index (κ1) is 17.9. The lowest BCUT2D eigenvalue weighted by Crippen LogP contribution is -2.30. The Labute approximate surface area is 166 Å². The molecule has 1 fully saturated rings. The summed E-state index contributed by atoms with van der Waals surface area (Å²) in [6.45, 7) is 2.41. The molecule has 27 heavy (non-hydrogen) atoms. The summed E-state index contributed by atoms with van der Waals surface area (Å²) in [5.74, 6) is -0.543. The molecular weight excluding hydrogens is 382 g/mol. The number of carbonyl (C=O) groups excluding carboxylic acids is 2. The molecule has 0 unspecified atom stereocenters. The monoisotopic (exact) mass is 399 g/mol. The summed E-state index contributed by atoms with van der Waals surface area (Å²) in [6, 6.07) is 15.2. The van der Waals surface area contributed by atoms with Gasteiger partial charge in [-0.15, -0.1) is 0 Å². The number of likely N-dealkylation sites (tertiary alicyclic amines) is 1. The Morgan fingerprint density at radius 2 is 2.07 bits per heavy atom. The number of aromatic nitrogens is 1. The van der Waals surface area contributed by atoms with Gasteiger partial charge in [-0.25, -0.2) is 4.98 Å². The van der Waals surface area contributed by atoms with Crippen LogP contribution >= 0.6 is 22.9 Å². The van der Waals surface area contributed by atoms with Crippen molar-refractivity contribution in [3.63, 3.8) is 0 Å². The van der Waals surface area contributed by atoms with Crippen LogP contribution in [-0.2, 0) is 9.59 Å². The summed E-state index contributed by atoms with van der Waals surface area (Å²) < 4.78 is 0.916. The van der Waals surface area contributed by atoms with Crippen LogP contribution in [0.25, 0.3) is 10.2 Å². The van der Waals surface area contributed by atoms with E-state index in [9.17, 15) is 9.59 Å². The van der Waals surface area contributed by atoms with Gasteiger partial charge in [-0.2, -0.15) is 0 Å². The van der Waals surface area contributed by atoms with Crippen molar-refractivity contribution in [3.8, 4) is 0 Å². The molecule has 4 rings (SSSR count). The van der Waals surface area contributed by atoms with Gasteiger partial charge in [0.1, 0.15) is 0 Å². The predicted octanol–water partition coefficient (Wildman–Crippen LogP) is 4.50. The van der Waals surface area contributed by atoms with Gasteiger partial charge in [0.05, 0.1) is 22.2 Å². The minimum absolute atomic E-state index is 0.00239. The molecule has 2 heterocycles. The van der Waals surface area contributed by atoms with E-state index in [1.54, 1.807) is 11.0 Å². The molecule has 1 aliphatic heterocycles. The van der Waals surface area contributed by atoms with Crippen LogP contribution in [0.1, 0.15) is 24.9 Å². The number of anilines is 1. The van der Waals surface area contributed by atoms with Crippen LogP contribution in [-0.4, -0.2) is 28.2 Å². The minimum Gasteiger partial charge on any atom is -0.335 e. The first-order valence-corrected chi connectivity index (χ1v) is 9.92. The molecule has 0 saturated carbocycles. The molecule has 2 amide bonds. The van der Waals surface area contributed by atoms with Crippen LogP contribution in [0.2, 0.25) is 5.02 Å². The Morgan fingerprint density at radius 3 is 2.85 bits per heavy atom. The molecule has 3 aromatic rings. The van der Waals surface area contributed by atoms with Crippen molar-refractivity contribution in [2.24, 2.45) is 5.92 Å². The minimum atomic E-state index is -0.376. The van der Waals surface area contributed by atoms with Gasteiger partial charge in [0.15, 0.2) is 5.13 Å². The molecule has 0 bridgehead atoms. The van der Waals surface area contributed by atoms with E-state index >= 15 is 0 Å². The van der Waals surface area contributed by atoms with E-state index in [0.29, 0.717) is 16.7 Å². The number of carbonyl (C=O) groups is 2. The molecule has 2 atom stereocenters. The average Bonchev–Trinajstić information content (AvgIpc) is 3.24. The molecule has 0 spiro atoms. The molecule has 1 N–H and O–H groups in total. The third-order valence-corrected chi connectivity index (χ3v) is 6.03. The van der Waals surface area contributed by atoms with Crippen LogP contribution in [0.15, 0.2) is 48.5 Å². The lowest BCUT2D eigenvalue weighted by atomic mass is 10.1. The highest BCUT2D eigenvalue weighted by Crippen LogP contribution is 2.31. The second-order valence-corrected chi connectivity index (χ2v) is 8.12. The first-order valence-electron chi connectivity index (χ1n) is 8.72. The maximum absolute atomic E-state index is 12.7. The van der Waals surface area contributed by atoms with Gasteiger partial charge in [0.2, 0.25) is 11.8 Å². The number of nitrogens with zero attached hydrogens (tertiary/aromatic N) is 2. The van der Waals surface area contributed by atoms with Crippen LogP contribution in [0.3, 0.4) is 0 Å². The maximum atomic E-state index is 12.7. The number of rotatable bonds is 4. The highest BCUT2D eigenvalue weighted by Gasteiger charge is 2.37. The number of halogens is 1. The van der Waals surface area contributed by atoms with E-state index < -0.39 is 0 Å². The van der Waals surface area contributed by atoms with Gasteiger partial charge in [-0.05, 0) is 30.7 Å². The fourth-order valence-corrected chi connectivity index (χ4v) is 4.50. The molecule has 1 aromatic heterocycles. The molecule has 0 radical (unpaired) electrons.